The summed E-state index contributed by atoms with van der Waals surface area (Å²) < 4.78 is 5.36. The second kappa shape index (κ2) is 7.14. The molecule has 2 rings (SSSR count). The Morgan fingerprint density at radius 2 is 2.15 bits per heavy atom. The fourth-order valence-corrected chi connectivity index (χ4v) is 3.85. The number of carbonyl (C=O) groups is 1. The summed E-state index contributed by atoms with van der Waals surface area (Å²) in [5.74, 6) is 2.28. The Labute approximate surface area is 126 Å². The lowest BCUT2D eigenvalue weighted by Gasteiger charge is -2.33. The first-order chi connectivity index (χ1) is 9.62. The number of esters is 1. The van der Waals surface area contributed by atoms with Crippen LogP contribution in [0.4, 0.5) is 0 Å². The molecular weight excluding hydrogens is 274 g/mol. The van der Waals surface area contributed by atoms with Crippen molar-refractivity contribution >= 4 is 17.7 Å². The van der Waals surface area contributed by atoms with Crippen molar-refractivity contribution in [2.75, 3.05) is 24.7 Å². The van der Waals surface area contributed by atoms with E-state index in [1.807, 2.05) is 13.8 Å². The molecule has 0 aliphatic heterocycles. The smallest absolute Gasteiger partial charge is 0.327 e. The molecule has 2 atom stereocenters. The Morgan fingerprint density at radius 3 is 2.65 bits per heavy atom. The number of carbonyl (C=O) groups excluding carboxylic acids is 1. The van der Waals surface area contributed by atoms with Gasteiger partial charge < -0.3 is 9.84 Å². The molecule has 0 heterocycles. The van der Waals surface area contributed by atoms with Gasteiger partial charge in [-0.1, -0.05) is 6.92 Å². The first kappa shape index (κ1) is 16.1. The number of hydrogen-bond acceptors (Lipinski definition) is 5. The lowest BCUT2D eigenvalue weighted by atomic mass is 9.95. The minimum absolute atomic E-state index is 0.0708. The quantitative estimate of drug-likeness (QED) is 0.603. The third-order valence-corrected chi connectivity index (χ3v) is 5.46. The van der Waals surface area contributed by atoms with Gasteiger partial charge in [-0.05, 0) is 50.2 Å². The van der Waals surface area contributed by atoms with Gasteiger partial charge in [0.15, 0.2) is 0 Å². The van der Waals surface area contributed by atoms with Crippen LogP contribution in [0.5, 0.6) is 0 Å². The third-order valence-electron chi connectivity index (χ3n) is 4.00. The summed E-state index contributed by atoms with van der Waals surface area (Å²) in [5, 5.41) is 12.7. The molecule has 2 aliphatic carbocycles. The van der Waals surface area contributed by atoms with Crippen molar-refractivity contribution in [1.29, 1.82) is 0 Å². The summed E-state index contributed by atoms with van der Waals surface area (Å²) >= 11 is 1.76. The topological polar surface area (TPSA) is 58.6 Å². The third kappa shape index (κ3) is 4.12. The summed E-state index contributed by atoms with van der Waals surface area (Å²) in [4.78, 5) is 12.5. The molecule has 4 nitrogen and oxygen atoms in total. The van der Waals surface area contributed by atoms with E-state index in [0.717, 1.165) is 24.3 Å². The normalized spacial score (nSPS) is 23.1. The van der Waals surface area contributed by atoms with Crippen molar-refractivity contribution in [2.24, 2.45) is 11.8 Å². The molecule has 0 aromatic heterocycles. The molecule has 2 aliphatic rings. The van der Waals surface area contributed by atoms with Gasteiger partial charge in [-0.15, -0.1) is 0 Å². The Kier molecular flexibility index (Phi) is 5.75. The van der Waals surface area contributed by atoms with Gasteiger partial charge >= 0.3 is 5.97 Å². The number of nitrogens with one attached hydrogen (secondary N) is 1. The maximum Gasteiger partial charge on any atom is 0.327 e. The lowest BCUT2D eigenvalue weighted by molar-refractivity contribution is -0.151. The molecule has 0 spiro atoms. The van der Waals surface area contributed by atoms with E-state index in [2.05, 4.69) is 5.32 Å². The van der Waals surface area contributed by atoms with Gasteiger partial charge in [0.2, 0.25) is 0 Å². The molecule has 0 aromatic carbocycles. The number of hydrogen-bond donors (Lipinski definition) is 2. The zero-order chi connectivity index (χ0) is 14.6. The average Bonchev–Trinajstić information content (AvgIpc) is 3.29. The largest absolute Gasteiger partial charge is 0.465 e. The molecule has 0 amide bonds. The van der Waals surface area contributed by atoms with Crippen LogP contribution >= 0.6 is 11.8 Å². The summed E-state index contributed by atoms with van der Waals surface area (Å²) in [6.45, 7) is 4.55. The fraction of sp³-hybridized carbons (Fsp3) is 0.933. The zero-order valence-electron chi connectivity index (χ0n) is 12.6. The van der Waals surface area contributed by atoms with Crippen LogP contribution in [0, 0.1) is 11.8 Å². The minimum Gasteiger partial charge on any atom is -0.465 e. The number of rotatable bonds is 10. The molecule has 0 aromatic rings. The summed E-state index contributed by atoms with van der Waals surface area (Å²) in [6.07, 6.45) is 4.58. The Bertz CT molecular complexity index is 331. The van der Waals surface area contributed by atoms with Crippen molar-refractivity contribution in [1.82, 2.24) is 5.32 Å². The average molecular weight is 301 g/mol. The monoisotopic (exact) mass is 301 g/mol. The van der Waals surface area contributed by atoms with E-state index in [9.17, 15) is 4.79 Å². The number of thioether (sulfide) groups is 1. The van der Waals surface area contributed by atoms with Gasteiger partial charge in [0.1, 0.15) is 5.54 Å². The SMILES string of the molecule is CCOC(=O)C(CSCC(C)CO)(NC1CC1)C1CC1. The van der Waals surface area contributed by atoms with Crippen LogP contribution in [-0.2, 0) is 9.53 Å². The number of aliphatic hydroxyl groups is 1. The number of aliphatic hydroxyl groups excluding tert-OH is 1. The van der Waals surface area contributed by atoms with Crippen LogP contribution in [-0.4, -0.2) is 47.4 Å². The van der Waals surface area contributed by atoms with Crippen molar-refractivity contribution in [3.63, 3.8) is 0 Å². The van der Waals surface area contributed by atoms with Crippen LogP contribution in [0.3, 0.4) is 0 Å². The zero-order valence-corrected chi connectivity index (χ0v) is 13.4. The molecule has 2 fully saturated rings. The van der Waals surface area contributed by atoms with Gasteiger partial charge in [-0.3, -0.25) is 10.1 Å². The summed E-state index contributed by atoms with van der Waals surface area (Å²) in [5.41, 5.74) is -0.489. The van der Waals surface area contributed by atoms with E-state index < -0.39 is 5.54 Å². The van der Waals surface area contributed by atoms with E-state index >= 15 is 0 Å². The molecule has 0 bridgehead atoms. The number of ether oxygens (including phenoxy) is 1. The van der Waals surface area contributed by atoms with Crippen LogP contribution in [0.2, 0.25) is 0 Å². The van der Waals surface area contributed by atoms with Gasteiger partial charge in [0, 0.05) is 18.4 Å². The Balaban J connectivity index is 1.98. The van der Waals surface area contributed by atoms with Gasteiger partial charge in [0.25, 0.3) is 0 Å². The molecule has 2 saturated carbocycles. The molecular formula is C15H27NO3S. The predicted molar refractivity (Wildman–Crippen MR) is 81.8 cm³/mol. The van der Waals surface area contributed by atoms with Crippen LogP contribution < -0.4 is 5.32 Å². The lowest BCUT2D eigenvalue weighted by Crippen LogP contribution is -2.58. The first-order valence-electron chi connectivity index (χ1n) is 7.76. The Morgan fingerprint density at radius 1 is 1.45 bits per heavy atom. The van der Waals surface area contributed by atoms with E-state index in [-0.39, 0.29) is 18.5 Å². The highest BCUT2D eigenvalue weighted by atomic mass is 32.2. The van der Waals surface area contributed by atoms with Crippen LogP contribution in [0.25, 0.3) is 0 Å². The Hall–Kier alpha value is -0.260. The van der Waals surface area contributed by atoms with Crippen molar-refractivity contribution in [3.05, 3.63) is 0 Å². The van der Waals surface area contributed by atoms with Crippen molar-refractivity contribution < 1.29 is 14.6 Å². The van der Waals surface area contributed by atoms with E-state index in [4.69, 9.17) is 9.84 Å². The standard InChI is InChI=1S/C15H27NO3S/c1-3-19-14(18)15(12-4-5-12,16-13-6-7-13)10-20-9-11(2)8-17/h11-13,16-17H,3-10H2,1-2H3. The van der Waals surface area contributed by atoms with Gasteiger partial charge in [-0.25, -0.2) is 0 Å². The molecule has 2 unspecified atom stereocenters. The maximum atomic E-state index is 12.5. The predicted octanol–water partition coefficient (Wildman–Crippen LogP) is 1.81. The summed E-state index contributed by atoms with van der Waals surface area (Å²) in [7, 11) is 0. The van der Waals surface area contributed by atoms with Crippen molar-refractivity contribution in [2.45, 2.75) is 51.1 Å². The minimum atomic E-state index is -0.489. The highest BCUT2D eigenvalue weighted by Gasteiger charge is 2.53. The fourth-order valence-electron chi connectivity index (χ4n) is 2.46. The highest BCUT2D eigenvalue weighted by Crippen LogP contribution is 2.44. The molecule has 116 valence electrons. The van der Waals surface area contributed by atoms with Crippen molar-refractivity contribution in [3.8, 4) is 0 Å². The molecule has 2 N–H and O–H groups in total. The highest BCUT2D eigenvalue weighted by molar-refractivity contribution is 7.99. The van der Waals surface area contributed by atoms with Gasteiger partial charge in [-0.2, -0.15) is 11.8 Å². The maximum absolute atomic E-state index is 12.5. The van der Waals surface area contributed by atoms with E-state index in [0.29, 0.717) is 18.6 Å². The van der Waals surface area contributed by atoms with Gasteiger partial charge in [0.05, 0.1) is 6.61 Å². The molecule has 0 radical (unpaired) electrons. The molecule has 0 saturated heterocycles. The molecule has 20 heavy (non-hydrogen) atoms. The first-order valence-corrected chi connectivity index (χ1v) is 8.91. The van der Waals surface area contributed by atoms with E-state index in [1.54, 1.807) is 11.8 Å². The molecule has 5 heteroatoms. The van der Waals surface area contributed by atoms with Crippen LogP contribution in [0.1, 0.15) is 39.5 Å². The summed E-state index contributed by atoms with van der Waals surface area (Å²) in [6, 6.07) is 0.496. The van der Waals surface area contributed by atoms with E-state index in [1.165, 1.54) is 12.8 Å². The second-order valence-electron chi connectivity index (χ2n) is 6.19. The van der Waals surface area contributed by atoms with Crippen LogP contribution in [0.15, 0.2) is 0 Å². The second-order valence-corrected chi connectivity index (χ2v) is 7.22.